The van der Waals surface area contributed by atoms with Crippen LogP contribution in [0, 0.1) is 0 Å². The van der Waals surface area contributed by atoms with Gasteiger partial charge in [-0.25, -0.2) is 0 Å². The van der Waals surface area contributed by atoms with Gasteiger partial charge in [-0.3, -0.25) is 0 Å². The molecule has 1 heterocycles. The predicted octanol–water partition coefficient (Wildman–Crippen LogP) is 3.46. The van der Waals surface area contributed by atoms with Gasteiger partial charge in [-0.15, -0.1) is 0 Å². The van der Waals surface area contributed by atoms with Gasteiger partial charge >= 0.3 is 0 Å². The summed E-state index contributed by atoms with van der Waals surface area (Å²) in [5.41, 5.74) is 1.03. The first kappa shape index (κ1) is 12.6. The van der Waals surface area contributed by atoms with Gasteiger partial charge in [0.05, 0.1) is 12.2 Å². The van der Waals surface area contributed by atoms with Gasteiger partial charge in [0, 0.05) is 6.61 Å². The molecule has 94 valence electrons. The molecule has 2 rings (SSSR count). The van der Waals surface area contributed by atoms with Gasteiger partial charge in [0.25, 0.3) is 0 Å². The number of aliphatic hydroxyl groups is 1. The zero-order chi connectivity index (χ0) is 11.9. The Hall–Kier alpha value is -0.860. The van der Waals surface area contributed by atoms with Crippen LogP contribution < -0.4 is 0 Å². The van der Waals surface area contributed by atoms with E-state index in [4.69, 9.17) is 4.74 Å². The van der Waals surface area contributed by atoms with E-state index in [9.17, 15) is 5.11 Å². The molecule has 2 atom stereocenters. The number of benzene rings is 1. The maximum absolute atomic E-state index is 9.98. The highest BCUT2D eigenvalue weighted by molar-refractivity contribution is 5.16. The van der Waals surface area contributed by atoms with Crippen LogP contribution in [0.5, 0.6) is 0 Å². The second-order valence-corrected chi connectivity index (χ2v) is 4.85. The number of rotatable bonds is 6. The van der Waals surface area contributed by atoms with Gasteiger partial charge in [-0.05, 0) is 31.2 Å². The van der Waals surface area contributed by atoms with Crippen LogP contribution in [0.25, 0.3) is 0 Å². The van der Waals surface area contributed by atoms with Crippen molar-refractivity contribution in [3.63, 3.8) is 0 Å². The van der Waals surface area contributed by atoms with Crippen LogP contribution in [0.4, 0.5) is 0 Å². The van der Waals surface area contributed by atoms with Gasteiger partial charge in [0.2, 0.25) is 0 Å². The van der Waals surface area contributed by atoms with Crippen molar-refractivity contribution in [1.29, 1.82) is 0 Å². The fraction of sp³-hybridized carbons (Fsp3) is 0.600. The fourth-order valence-corrected chi connectivity index (χ4v) is 2.42. The zero-order valence-electron chi connectivity index (χ0n) is 10.3. The maximum atomic E-state index is 9.98. The highest BCUT2D eigenvalue weighted by Crippen LogP contribution is 2.22. The van der Waals surface area contributed by atoms with E-state index in [1.807, 2.05) is 30.3 Å². The highest BCUT2D eigenvalue weighted by Gasteiger charge is 2.15. The molecule has 2 unspecified atom stereocenters. The molecule has 0 saturated carbocycles. The van der Waals surface area contributed by atoms with Crippen LogP contribution in [0.1, 0.15) is 50.2 Å². The van der Waals surface area contributed by atoms with Crippen molar-refractivity contribution in [3.8, 4) is 0 Å². The third kappa shape index (κ3) is 4.14. The molecule has 0 bridgehead atoms. The van der Waals surface area contributed by atoms with Crippen molar-refractivity contribution in [2.24, 2.45) is 0 Å². The SMILES string of the molecule is OC(CCCCC1CCCO1)c1ccccc1. The minimum absolute atomic E-state index is 0.305. The minimum atomic E-state index is -0.305. The maximum Gasteiger partial charge on any atom is 0.0790 e. The number of aliphatic hydroxyl groups excluding tert-OH is 1. The molecule has 0 spiro atoms. The molecule has 1 aliphatic rings. The summed E-state index contributed by atoms with van der Waals surface area (Å²) in [5.74, 6) is 0. The summed E-state index contributed by atoms with van der Waals surface area (Å²) in [5, 5.41) is 9.98. The van der Waals surface area contributed by atoms with Crippen LogP contribution in [-0.2, 0) is 4.74 Å². The third-order valence-electron chi connectivity index (χ3n) is 3.46. The molecule has 1 N–H and O–H groups in total. The van der Waals surface area contributed by atoms with Crippen molar-refractivity contribution < 1.29 is 9.84 Å². The van der Waals surface area contributed by atoms with E-state index in [1.165, 1.54) is 12.8 Å². The molecule has 0 aromatic heterocycles. The first-order chi connectivity index (χ1) is 8.36. The van der Waals surface area contributed by atoms with E-state index < -0.39 is 0 Å². The van der Waals surface area contributed by atoms with E-state index in [-0.39, 0.29) is 6.10 Å². The fourth-order valence-electron chi connectivity index (χ4n) is 2.42. The minimum Gasteiger partial charge on any atom is -0.388 e. The van der Waals surface area contributed by atoms with Gasteiger partial charge in [-0.1, -0.05) is 43.2 Å². The molecule has 1 aromatic rings. The topological polar surface area (TPSA) is 29.5 Å². The molecule has 0 radical (unpaired) electrons. The van der Waals surface area contributed by atoms with Crippen LogP contribution in [0.3, 0.4) is 0 Å². The molecule has 1 fully saturated rings. The lowest BCUT2D eigenvalue weighted by Crippen LogP contribution is -2.04. The molecule has 0 aliphatic carbocycles. The summed E-state index contributed by atoms with van der Waals surface area (Å²) >= 11 is 0. The summed E-state index contributed by atoms with van der Waals surface area (Å²) in [6.07, 6.45) is 6.88. The molecular weight excluding hydrogens is 212 g/mol. The molecule has 1 saturated heterocycles. The highest BCUT2D eigenvalue weighted by atomic mass is 16.5. The first-order valence-corrected chi connectivity index (χ1v) is 6.71. The van der Waals surface area contributed by atoms with Crippen LogP contribution in [0.15, 0.2) is 30.3 Å². The average molecular weight is 234 g/mol. The Morgan fingerprint density at radius 3 is 2.76 bits per heavy atom. The lowest BCUT2D eigenvalue weighted by Gasteiger charge is -2.12. The van der Waals surface area contributed by atoms with Crippen molar-refractivity contribution in [3.05, 3.63) is 35.9 Å². The molecule has 0 amide bonds. The Balaban J connectivity index is 1.61. The number of hydrogen-bond donors (Lipinski definition) is 1. The quantitative estimate of drug-likeness (QED) is 0.764. The van der Waals surface area contributed by atoms with E-state index in [2.05, 4.69) is 0 Å². The Labute approximate surface area is 104 Å². The molecule has 17 heavy (non-hydrogen) atoms. The second kappa shape index (κ2) is 6.77. The third-order valence-corrected chi connectivity index (χ3v) is 3.46. The number of unbranched alkanes of at least 4 members (excludes halogenated alkanes) is 1. The normalized spacial score (nSPS) is 21.6. The molecule has 2 nitrogen and oxygen atoms in total. The van der Waals surface area contributed by atoms with Crippen LogP contribution in [0.2, 0.25) is 0 Å². The molecule has 1 aromatic carbocycles. The van der Waals surface area contributed by atoms with Crippen molar-refractivity contribution in [2.45, 2.75) is 50.7 Å². The summed E-state index contributed by atoms with van der Waals surface area (Å²) in [6, 6.07) is 9.92. The van der Waals surface area contributed by atoms with Gasteiger partial charge < -0.3 is 9.84 Å². The predicted molar refractivity (Wildman–Crippen MR) is 68.8 cm³/mol. The average Bonchev–Trinajstić information content (AvgIpc) is 2.88. The Bertz CT molecular complexity index is 304. The Morgan fingerprint density at radius 2 is 2.06 bits per heavy atom. The lowest BCUT2D eigenvalue weighted by molar-refractivity contribution is 0.0993. The van der Waals surface area contributed by atoms with Crippen LogP contribution >= 0.6 is 0 Å². The lowest BCUT2D eigenvalue weighted by atomic mass is 10.0. The second-order valence-electron chi connectivity index (χ2n) is 4.85. The van der Waals surface area contributed by atoms with Crippen molar-refractivity contribution in [2.75, 3.05) is 6.61 Å². The van der Waals surface area contributed by atoms with Gasteiger partial charge in [-0.2, -0.15) is 0 Å². The van der Waals surface area contributed by atoms with Crippen molar-refractivity contribution >= 4 is 0 Å². The standard InChI is InChI=1S/C15H22O2/c16-15(13-7-2-1-3-8-13)11-5-4-9-14-10-6-12-17-14/h1-3,7-8,14-16H,4-6,9-12H2. The largest absolute Gasteiger partial charge is 0.388 e. The Morgan fingerprint density at radius 1 is 1.24 bits per heavy atom. The first-order valence-electron chi connectivity index (χ1n) is 6.71. The van der Waals surface area contributed by atoms with Gasteiger partial charge in [0.15, 0.2) is 0 Å². The van der Waals surface area contributed by atoms with E-state index in [0.29, 0.717) is 6.10 Å². The Kier molecular flexibility index (Phi) is 5.02. The smallest absolute Gasteiger partial charge is 0.0790 e. The number of ether oxygens (including phenoxy) is 1. The summed E-state index contributed by atoms with van der Waals surface area (Å²) in [7, 11) is 0. The monoisotopic (exact) mass is 234 g/mol. The summed E-state index contributed by atoms with van der Waals surface area (Å²) in [6.45, 7) is 0.942. The molecule has 1 aliphatic heterocycles. The summed E-state index contributed by atoms with van der Waals surface area (Å²) < 4.78 is 5.58. The van der Waals surface area contributed by atoms with E-state index >= 15 is 0 Å². The van der Waals surface area contributed by atoms with E-state index in [0.717, 1.165) is 37.9 Å². The van der Waals surface area contributed by atoms with Crippen LogP contribution in [-0.4, -0.2) is 17.8 Å². The molecular formula is C15H22O2. The van der Waals surface area contributed by atoms with E-state index in [1.54, 1.807) is 0 Å². The van der Waals surface area contributed by atoms with Gasteiger partial charge in [0.1, 0.15) is 0 Å². The zero-order valence-corrected chi connectivity index (χ0v) is 10.3. The molecule has 2 heteroatoms. The number of hydrogen-bond acceptors (Lipinski definition) is 2. The summed E-state index contributed by atoms with van der Waals surface area (Å²) in [4.78, 5) is 0. The van der Waals surface area contributed by atoms with Crippen molar-refractivity contribution in [1.82, 2.24) is 0 Å².